The van der Waals surface area contributed by atoms with Gasteiger partial charge in [-0.1, -0.05) is 48.5 Å². The van der Waals surface area contributed by atoms with E-state index in [0.29, 0.717) is 46.0 Å². The van der Waals surface area contributed by atoms with Crippen molar-refractivity contribution in [1.82, 2.24) is 10.2 Å². The van der Waals surface area contributed by atoms with Crippen molar-refractivity contribution >= 4 is 64.3 Å². The van der Waals surface area contributed by atoms with Gasteiger partial charge in [0.15, 0.2) is 11.5 Å². The normalized spacial score (nSPS) is 11.0. The summed E-state index contributed by atoms with van der Waals surface area (Å²) in [6, 6.07) is 30.8. The van der Waals surface area contributed by atoms with Gasteiger partial charge in [0.05, 0.1) is 67.8 Å². The number of rotatable bonds is 12. The fourth-order valence-electron chi connectivity index (χ4n) is 6.37. The largest absolute Gasteiger partial charge is 0.493 e. The monoisotopic (exact) mass is 920 g/mol. The second-order valence-electron chi connectivity index (χ2n) is 14.3. The van der Waals surface area contributed by atoms with Crippen LogP contribution in [0.3, 0.4) is 0 Å². The molecule has 18 nitrogen and oxygen atoms in total. The fraction of sp³-hybridized carbons (Fsp3) is 0.245. The summed E-state index contributed by atoms with van der Waals surface area (Å²) in [4.78, 5) is 80.5. The van der Waals surface area contributed by atoms with Crippen LogP contribution in [0.5, 0.6) is 11.5 Å². The van der Waals surface area contributed by atoms with Gasteiger partial charge in [0.2, 0.25) is 17.7 Å². The lowest BCUT2D eigenvalue weighted by molar-refractivity contribution is -0.115. The number of para-hydroxylation sites is 4. The van der Waals surface area contributed by atoms with Gasteiger partial charge in [-0.25, -0.2) is 14.4 Å². The summed E-state index contributed by atoms with van der Waals surface area (Å²) in [5.41, 5.74) is 11.1. The highest BCUT2D eigenvalue weighted by atomic mass is 16.5. The Bertz CT molecular complexity index is 2530. The highest BCUT2D eigenvalue weighted by molar-refractivity contribution is 6.03. The molecule has 5 aromatic rings. The van der Waals surface area contributed by atoms with E-state index < -0.39 is 17.9 Å². The second-order valence-corrected chi connectivity index (χ2v) is 14.3. The number of benzene rings is 5. The molecule has 0 saturated heterocycles. The van der Waals surface area contributed by atoms with E-state index in [1.807, 2.05) is 12.1 Å². The van der Waals surface area contributed by atoms with Crippen molar-refractivity contribution in [3.8, 4) is 11.5 Å². The Hall–Kier alpha value is -8.25. The Morgan fingerprint density at radius 1 is 0.582 bits per heavy atom. The van der Waals surface area contributed by atoms with E-state index in [1.54, 1.807) is 105 Å². The van der Waals surface area contributed by atoms with Gasteiger partial charge in [-0.05, 0) is 78.2 Å². The lowest BCUT2D eigenvalue weighted by Gasteiger charge is -2.29. The van der Waals surface area contributed by atoms with Gasteiger partial charge >= 0.3 is 17.9 Å². The molecule has 4 amide bonds. The first-order valence-corrected chi connectivity index (χ1v) is 20.6. The van der Waals surface area contributed by atoms with Gasteiger partial charge in [0, 0.05) is 52.6 Å². The highest BCUT2D eigenvalue weighted by Gasteiger charge is 2.20. The number of hydrogen-bond donors (Lipinski definition) is 6. The number of anilines is 4. The molecule has 0 radical (unpaired) electrons. The summed E-state index contributed by atoms with van der Waals surface area (Å²) in [6.45, 7) is 7.12. The molecule has 0 saturated carbocycles. The van der Waals surface area contributed by atoms with Gasteiger partial charge in [0.25, 0.3) is 5.91 Å². The summed E-state index contributed by atoms with van der Waals surface area (Å²) >= 11 is 0. The zero-order valence-electron chi connectivity index (χ0n) is 38.4. The van der Waals surface area contributed by atoms with E-state index in [-0.39, 0.29) is 29.2 Å². The van der Waals surface area contributed by atoms with E-state index in [9.17, 15) is 33.6 Å². The predicted octanol–water partition coefficient (Wildman–Crippen LogP) is 6.28. The van der Waals surface area contributed by atoms with Crippen LogP contribution in [0.25, 0.3) is 0 Å². The number of methoxy groups -OCH3 is 4. The smallest absolute Gasteiger partial charge is 0.339 e. The molecule has 0 atom stereocenters. The van der Waals surface area contributed by atoms with Crippen molar-refractivity contribution < 1.29 is 57.6 Å². The van der Waals surface area contributed by atoms with Crippen molar-refractivity contribution in [2.75, 3.05) is 69.8 Å². The molecule has 0 bridgehead atoms. The van der Waals surface area contributed by atoms with Crippen LogP contribution >= 0.6 is 0 Å². The van der Waals surface area contributed by atoms with Gasteiger partial charge in [0.1, 0.15) is 0 Å². The first-order chi connectivity index (χ1) is 32.0. The number of aromatic carboxylic acids is 1. The molecule has 1 aliphatic rings. The number of ether oxygens (including phenoxy) is 4. The Balaban J connectivity index is 0.000000262. The SMILES string of the molecule is CC(=O)Nc1ccccc1C(=O)O.COC(=O)c1ccccc1N.COC(=O)c1ccccc1NC(C)=O.COc1cc2c(cc1OC)CN(CCNC(=O)c1ccccc1NC(C)=O)CC2. The molecule has 0 spiro atoms. The van der Waals surface area contributed by atoms with E-state index in [4.69, 9.17) is 20.3 Å². The molecule has 354 valence electrons. The molecule has 67 heavy (non-hydrogen) atoms. The zero-order chi connectivity index (χ0) is 49.5. The number of carboxylic acids is 1. The van der Waals surface area contributed by atoms with Crippen molar-refractivity contribution in [2.24, 2.45) is 0 Å². The first kappa shape index (κ1) is 53.1. The predicted molar refractivity (Wildman–Crippen MR) is 254 cm³/mol. The molecule has 0 aliphatic carbocycles. The van der Waals surface area contributed by atoms with Crippen LogP contribution in [0.2, 0.25) is 0 Å². The molecular formula is C49H56N6O12. The molecule has 0 fully saturated rings. The van der Waals surface area contributed by atoms with Crippen LogP contribution in [0.15, 0.2) is 109 Å². The average molecular weight is 921 g/mol. The molecule has 5 aromatic carbocycles. The van der Waals surface area contributed by atoms with Crippen molar-refractivity contribution in [2.45, 2.75) is 33.7 Å². The number of amides is 4. The number of nitrogens with zero attached hydrogens (tertiary/aromatic N) is 1. The number of nitrogens with one attached hydrogen (secondary N) is 4. The third-order valence-corrected chi connectivity index (χ3v) is 9.47. The minimum atomic E-state index is -1.05. The van der Waals surface area contributed by atoms with Crippen LogP contribution in [-0.2, 0) is 36.8 Å². The molecule has 18 heteroatoms. The van der Waals surface area contributed by atoms with E-state index >= 15 is 0 Å². The fourth-order valence-corrected chi connectivity index (χ4v) is 6.37. The number of carbonyl (C=O) groups is 7. The molecule has 0 aromatic heterocycles. The molecule has 6 rings (SSSR count). The maximum Gasteiger partial charge on any atom is 0.339 e. The van der Waals surface area contributed by atoms with Crippen LogP contribution in [0.4, 0.5) is 22.7 Å². The molecule has 0 unspecified atom stereocenters. The van der Waals surface area contributed by atoms with Crippen LogP contribution < -0.4 is 36.5 Å². The number of carboxylic acid groups (broad SMARTS) is 1. The summed E-state index contributed by atoms with van der Waals surface area (Å²) < 4.78 is 19.9. The van der Waals surface area contributed by atoms with Crippen LogP contribution in [0, 0.1) is 0 Å². The lowest BCUT2D eigenvalue weighted by atomic mass is 9.99. The number of hydrogen-bond acceptors (Lipinski definition) is 13. The third kappa shape index (κ3) is 17.0. The maximum absolute atomic E-state index is 12.5. The Morgan fingerprint density at radius 2 is 1.00 bits per heavy atom. The number of esters is 2. The number of nitrogens with two attached hydrogens (primary N) is 1. The Kier molecular flexibility index (Phi) is 21.5. The number of fused-ring (bicyclic) bond motifs is 1. The van der Waals surface area contributed by atoms with Crippen molar-refractivity contribution in [1.29, 1.82) is 0 Å². The van der Waals surface area contributed by atoms with Gasteiger partial charge in [-0.2, -0.15) is 0 Å². The molecular weight excluding hydrogens is 865 g/mol. The minimum Gasteiger partial charge on any atom is -0.493 e. The Morgan fingerprint density at radius 3 is 1.48 bits per heavy atom. The summed E-state index contributed by atoms with van der Waals surface area (Å²) in [5, 5.41) is 19.4. The van der Waals surface area contributed by atoms with Gasteiger partial charge in [-0.3, -0.25) is 24.1 Å². The van der Waals surface area contributed by atoms with Crippen LogP contribution in [-0.4, -0.2) is 99.6 Å². The quantitative estimate of drug-likeness (QED) is 0.0595. The Labute approximate surface area is 388 Å². The zero-order valence-corrected chi connectivity index (χ0v) is 38.4. The van der Waals surface area contributed by atoms with E-state index in [0.717, 1.165) is 37.6 Å². The molecule has 1 aliphatic heterocycles. The van der Waals surface area contributed by atoms with E-state index in [2.05, 4.69) is 35.6 Å². The van der Waals surface area contributed by atoms with Crippen molar-refractivity contribution in [3.05, 3.63) is 143 Å². The van der Waals surface area contributed by atoms with Gasteiger partial charge < -0.3 is 51.1 Å². The van der Waals surface area contributed by atoms with Gasteiger partial charge in [-0.15, -0.1) is 0 Å². The summed E-state index contributed by atoms with van der Waals surface area (Å²) in [5.74, 6) is -1.33. The summed E-state index contributed by atoms with van der Waals surface area (Å²) in [6.07, 6.45) is 0.926. The molecule has 7 N–H and O–H groups in total. The third-order valence-electron chi connectivity index (χ3n) is 9.47. The van der Waals surface area contributed by atoms with E-state index in [1.165, 1.54) is 52.2 Å². The number of carbonyl (C=O) groups excluding carboxylic acids is 6. The lowest BCUT2D eigenvalue weighted by Crippen LogP contribution is -2.38. The van der Waals surface area contributed by atoms with Crippen LogP contribution in [0.1, 0.15) is 73.3 Å². The standard InChI is InChI=1S/C22H27N3O4.C10H11NO3.C9H9NO3.C8H9NO2/c1-15(26)24-19-7-5-4-6-18(19)22(27)23-9-11-25-10-8-16-12-20(28-2)21(29-3)13-17(16)14-25;1-7(12)11-9-6-4-3-5-8(9)10(13)14-2;1-6(11)10-8-5-3-2-4-7(8)9(12)13;1-11-8(10)6-4-2-3-5-7(6)9/h4-7,12-13H,8-11,14H2,1-3H3,(H,23,27)(H,24,26);3-6H,1-2H3,(H,11,12);2-5H,1H3,(H,10,11)(H,12,13);2-5H,9H2,1H3. The first-order valence-electron chi connectivity index (χ1n) is 20.6. The topological polar surface area (TPSA) is 254 Å². The minimum absolute atomic E-state index is 0.0951. The average Bonchev–Trinajstić information content (AvgIpc) is 3.31. The number of nitrogen functional groups attached to an aromatic ring is 1. The maximum atomic E-state index is 12.5. The highest BCUT2D eigenvalue weighted by Crippen LogP contribution is 2.33. The molecule has 1 heterocycles. The second kappa shape index (κ2) is 27.2. The van der Waals surface area contributed by atoms with Crippen molar-refractivity contribution in [3.63, 3.8) is 0 Å². The summed E-state index contributed by atoms with van der Waals surface area (Å²) in [7, 11) is 5.91.